The molecule has 0 unspecified atom stereocenters. The fraction of sp³-hybridized carbons (Fsp3) is 0.300. The van der Waals surface area contributed by atoms with Crippen molar-refractivity contribution >= 4 is 38.6 Å². The maximum absolute atomic E-state index is 12.6. The van der Waals surface area contributed by atoms with Gasteiger partial charge in [-0.1, -0.05) is 19.6 Å². The summed E-state index contributed by atoms with van der Waals surface area (Å²) >= 11 is 3.46. The van der Waals surface area contributed by atoms with E-state index in [-0.39, 0.29) is 13.3 Å². The van der Waals surface area contributed by atoms with E-state index in [0.29, 0.717) is 29.4 Å². The minimum Gasteiger partial charge on any atom is -0.441 e. The highest BCUT2D eigenvalue weighted by Gasteiger charge is 2.29. The number of hydrogen-bond acceptors (Lipinski definition) is 6. The fourth-order valence-corrected chi connectivity index (χ4v) is 3.19. The van der Waals surface area contributed by atoms with E-state index in [2.05, 4.69) is 36.4 Å². The number of rotatable bonds is 5. The van der Waals surface area contributed by atoms with Crippen molar-refractivity contribution in [3.63, 3.8) is 0 Å². The van der Waals surface area contributed by atoms with Crippen molar-refractivity contribution in [2.24, 2.45) is 5.73 Å². The number of pyridine rings is 1. The van der Waals surface area contributed by atoms with E-state index < -0.39 is 11.6 Å². The van der Waals surface area contributed by atoms with Crippen LogP contribution in [-0.4, -0.2) is 31.0 Å². The quantitative estimate of drug-likeness (QED) is 0.473. The van der Waals surface area contributed by atoms with E-state index in [4.69, 9.17) is 10.2 Å². The number of nitrogens with one attached hydrogen (secondary N) is 1. The lowest BCUT2D eigenvalue weighted by Gasteiger charge is -2.22. The number of para-hydroxylation sites is 2. The lowest BCUT2D eigenvalue weighted by atomic mass is 10.0. The molecule has 0 saturated heterocycles. The SMILES string of the molecule is C.CC(C)(N)C(=O)N[C@H](Cc1nc2ccccc2o1)c1nnc2ccc(Br)cn12. The van der Waals surface area contributed by atoms with Crippen LogP contribution >= 0.6 is 15.9 Å². The Balaban J connectivity index is 0.00000240. The zero-order chi connectivity index (χ0) is 19.9. The molecule has 3 heterocycles. The molecule has 1 atom stereocenters. The van der Waals surface area contributed by atoms with Crippen molar-refractivity contribution < 1.29 is 9.21 Å². The van der Waals surface area contributed by atoms with Gasteiger partial charge in [-0.2, -0.15) is 0 Å². The van der Waals surface area contributed by atoms with Gasteiger partial charge in [0.15, 0.2) is 22.9 Å². The predicted molar refractivity (Wildman–Crippen MR) is 114 cm³/mol. The molecule has 0 radical (unpaired) electrons. The minimum atomic E-state index is -1.04. The van der Waals surface area contributed by atoms with Crippen molar-refractivity contribution in [1.82, 2.24) is 24.9 Å². The van der Waals surface area contributed by atoms with Gasteiger partial charge in [-0.25, -0.2) is 4.98 Å². The standard InChI is InChI=1S/C19H19BrN6O2.CH4/c1-19(2,21)18(27)23-13(9-16-22-12-5-3-4-6-14(12)28-16)17-25-24-15-8-7-11(20)10-26(15)17;/h3-8,10,13H,9,21H2,1-2H3,(H,23,27);1H4/t13-;/m1./s1. The summed E-state index contributed by atoms with van der Waals surface area (Å²) in [6.45, 7) is 3.30. The second-order valence-electron chi connectivity index (χ2n) is 7.16. The van der Waals surface area contributed by atoms with E-state index in [1.807, 2.05) is 47.0 Å². The van der Waals surface area contributed by atoms with Gasteiger partial charge in [-0.3, -0.25) is 9.20 Å². The highest BCUT2D eigenvalue weighted by Crippen LogP contribution is 2.23. The molecule has 3 aromatic heterocycles. The van der Waals surface area contributed by atoms with Crippen LogP contribution in [0.1, 0.15) is 39.0 Å². The van der Waals surface area contributed by atoms with Crippen molar-refractivity contribution in [2.45, 2.75) is 39.3 Å². The molecule has 0 bridgehead atoms. The molecule has 3 N–H and O–H groups in total. The molecular weight excluding hydrogens is 436 g/mol. The lowest BCUT2D eigenvalue weighted by Crippen LogP contribution is -2.50. The van der Waals surface area contributed by atoms with E-state index in [1.165, 1.54) is 0 Å². The fourth-order valence-electron chi connectivity index (χ4n) is 2.85. The van der Waals surface area contributed by atoms with Gasteiger partial charge in [0.25, 0.3) is 0 Å². The number of aromatic nitrogens is 4. The minimum absolute atomic E-state index is 0. The van der Waals surface area contributed by atoms with Crippen LogP contribution in [0.25, 0.3) is 16.7 Å². The number of halogens is 1. The second kappa shape index (κ2) is 7.92. The first-order chi connectivity index (χ1) is 13.3. The number of nitrogens with zero attached hydrogens (tertiary/aromatic N) is 4. The van der Waals surface area contributed by atoms with Gasteiger partial charge in [0.1, 0.15) is 5.52 Å². The number of amides is 1. The van der Waals surface area contributed by atoms with Crippen LogP contribution in [0.2, 0.25) is 0 Å². The number of hydrogen-bond donors (Lipinski definition) is 2. The molecule has 1 aromatic carbocycles. The maximum atomic E-state index is 12.6. The van der Waals surface area contributed by atoms with E-state index in [9.17, 15) is 4.79 Å². The first kappa shape index (κ1) is 20.9. The van der Waals surface area contributed by atoms with Crippen molar-refractivity contribution in [1.29, 1.82) is 0 Å². The summed E-state index contributed by atoms with van der Waals surface area (Å²) in [6.07, 6.45) is 2.16. The van der Waals surface area contributed by atoms with Gasteiger partial charge < -0.3 is 15.5 Å². The highest BCUT2D eigenvalue weighted by molar-refractivity contribution is 9.10. The van der Waals surface area contributed by atoms with Gasteiger partial charge in [0.2, 0.25) is 5.91 Å². The van der Waals surface area contributed by atoms with Crippen LogP contribution in [0.4, 0.5) is 0 Å². The summed E-state index contributed by atoms with van der Waals surface area (Å²) in [4.78, 5) is 17.1. The molecular formula is C20H23BrN6O2. The third-order valence-electron chi connectivity index (χ3n) is 4.31. The first-order valence-electron chi connectivity index (χ1n) is 8.76. The summed E-state index contributed by atoms with van der Waals surface area (Å²) in [6, 6.07) is 10.7. The Morgan fingerprint density at radius 3 is 2.76 bits per heavy atom. The van der Waals surface area contributed by atoms with Crippen LogP contribution in [0, 0.1) is 0 Å². The normalized spacial score (nSPS) is 12.7. The van der Waals surface area contributed by atoms with Gasteiger partial charge in [-0.15, -0.1) is 10.2 Å². The number of carbonyl (C=O) groups excluding carboxylic acids is 1. The molecule has 4 aromatic rings. The lowest BCUT2D eigenvalue weighted by molar-refractivity contribution is -0.126. The molecule has 0 aliphatic heterocycles. The van der Waals surface area contributed by atoms with E-state index in [0.717, 1.165) is 9.99 Å². The van der Waals surface area contributed by atoms with Crippen LogP contribution in [0.15, 0.2) is 51.5 Å². The molecule has 152 valence electrons. The van der Waals surface area contributed by atoms with Gasteiger partial charge in [-0.05, 0) is 54.0 Å². The molecule has 4 rings (SSSR count). The third-order valence-corrected chi connectivity index (χ3v) is 4.78. The largest absolute Gasteiger partial charge is 0.441 e. The summed E-state index contributed by atoms with van der Waals surface area (Å²) in [5.41, 5.74) is 7.05. The smallest absolute Gasteiger partial charge is 0.240 e. The zero-order valence-electron chi connectivity index (χ0n) is 15.4. The van der Waals surface area contributed by atoms with Crippen LogP contribution < -0.4 is 11.1 Å². The number of oxazole rings is 1. The summed E-state index contributed by atoms with van der Waals surface area (Å²) in [5.74, 6) is 0.754. The molecule has 0 spiro atoms. The molecule has 9 heteroatoms. The summed E-state index contributed by atoms with van der Waals surface area (Å²) in [7, 11) is 0. The van der Waals surface area contributed by atoms with Crippen molar-refractivity contribution in [3.05, 3.63) is 58.8 Å². The van der Waals surface area contributed by atoms with Gasteiger partial charge in [0.05, 0.1) is 18.0 Å². The van der Waals surface area contributed by atoms with Crippen molar-refractivity contribution in [2.75, 3.05) is 0 Å². The molecule has 0 aliphatic carbocycles. The Morgan fingerprint density at radius 1 is 1.28 bits per heavy atom. The number of nitrogens with two attached hydrogens (primary N) is 1. The predicted octanol–water partition coefficient (Wildman–Crippen LogP) is 3.41. The van der Waals surface area contributed by atoms with Gasteiger partial charge in [0, 0.05) is 10.7 Å². The van der Waals surface area contributed by atoms with Crippen LogP contribution in [-0.2, 0) is 11.2 Å². The molecule has 0 aliphatic rings. The maximum Gasteiger partial charge on any atom is 0.240 e. The van der Waals surface area contributed by atoms with Crippen molar-refractivity contribution in [3.8, 4) is 0 Å². The number of carbonyl (C=O) groups is 1. The molecule has 1 amide bonds. The first-order valence-corrected chi connectivity index (χ1v) is 9.55. The van der Waals surface area contributed by atoms with Crippen LogP contribution in [0.3, 0.4) is 0 Å². The summed E-state index contributed by atoms with van der Waals surface area (Å²) < 4.78 is 8.53. The average molecular weight is 459 g/mol. The molecule has 8 nitrogen and oxygen atoms in total. The Labute approximate surface area is 176 Å². The second-order valence-corrected chi connectivity index (χ2v) is 8.08. The molecule has 29 heavy (non-hydrogen) atoms. The van der Waals surface area contributed by atoms with E-state index >= 15 is 0 Å². The Hall–Kier alpha value is -2.78. The zero-order valence-corrected chi connectivity index (χ0v) is 17.0. The molecule has 0 saturated carbocycles. The Bertz CT molecular complexity index is 1130. The summed E-state index contributed by atoms with van der Waals surface area (Å²) in [5, 5.41) is 11.4. The Kier molecular flexibility index (Phi) is 5.72. The molecule has 0 fully saturated rings. The number of benzene rings is 1. The highest BCUT2D eigenvalue weighted by atomic mass is 79.9. The topological polar surface area (TPSA) is 111 Å². The van der Waals surface area contributed by atoms with Crippen LogP contribution in [0.5, 0.6) is 0 Å². The Morgan fingerprint density at radius 2 is 2.03 bits per heavy atom. The number of fused-ring (bicyclic) bond motifs is 2. The van der Waals surface area contributed by atoms with Gasteiger partial charge >= 0.3 is 0 Å². The average Bonchev–Trinajstić information content (AvgIpc) is 3.23. The third kappa shape index (κ3) is 4.30. The van der Waals surface area contributed by atoms with E-state index in [1.54, 1.807) is 13.8 Å². The monoisotopic (exact) mass is 458 g/mol.